The zero-order valence-electron chi connectivity index (χ0n) is 13.4. The number of hydrogen-bond donors (Lipinski definition) is 4. The van der Waals surface area contributed by atoms with Gasteiger partial charge in [0.25, 0.3) is 5.56 Å². The molecule has 2 aromatic heterocycles. The number of aryl methyl sites for hydroxylation is 1. The van der Waals surface area contributed by atoms with Gasteiger partial charge in [-0.2, -0.15) is 0 Å². The van der Waals surface area contributed by atoms with Crippen LogP contribution >= 0.6 is 0 Å². The van der Waals surface area contributed by atoms with E-state index in [0.29, 0.717) is 23.0 Å². The monoisotopic (exact) mass is 328 g/mol. The van der Waals surface area contributed by atoms with Crippen molar-refractivity contribution in [2.24, 2.45) is 0 Å². The highest BCUT2D eigenvalue weighted by atomic mass is 16.3. The van der Waals surface area contributed by atoms with Gasteiger partial charge in [0.15, 0.2) is 0 Å². The molecular weight excluding hydrogens is 308 g/mol. The van der Waals surface area contributed by atoms with E-state index in [4.69, 9.17) is 5.73 Å². The number of aliphatic hydroxyl groups is 1. The van der Waals surface area contributed by atoms with Gasteiger partial charge < -0.3 is 16.2 Å². The number of aromatic nitrogens is 3. The van der Waals surface area contributed by atoms with Crippen molar-refractivity contribution in [2.75, 3.05) is 11.1 Å². The number of hydrogen-bond acceptors (Lipinski definition) is 7. The molecule has 1 fully saturated rings. The normalized spacial score (nSPS) is 21.2. The van der Waals surface area contributed by atoms with Crippen LogP contribution in [0.15, 0.2) is 23.3 Å². The van der Waals surface area contributed by atoms with Gasteiger partial charge in [0, 0.05) is 6.07 Å². The summed E-state index contributed by atoms with van der Waals surface area (Å²) in [5, 5.41) is 16.7. The second kappa shape index (κ2) is 5.29. The van der Waals surface area contributed by atoms with E-state index in [2.05, 4.69) is 20.6 Å². The summed E-state index contributed by atoms with van der Waals surface area (Å²) in [5.41, 5.74) is 6.92. The molecule has 5 N–H and O–H groups in total. The fourth-order valence-corrected chi connectivity index (χ4v) is 3.90. The van der Waals surface area contributed by atoms with Crippen LogP contribution in [0.3, 0.4) is 0 Å². The van der Waals surface area contributed by atoms with Gasteiger partial charge >= 0.3 is 0 Å². The van der Waals surface area contributed by atoms with E-state index in [1.165, 1.54) is 6.33 Å². The Kier molecular flexibility index (Phi) is 3.33. The van der Waals surface area contributed by atoms with Crippen LogP contribution in [0.25, 0.3) is 0 Å². The Hall–Kier alpha value is -2.45. The van der Waals surface area contributed by atoms with E-state index in [1.54, 1.807) is 16.7 Å². The Labute approximate surface area is 138 Å². The number of nitrogens with zero attached hydrogens (tertiary/aromatic N) is 3. The standard InChI is InChI=1S/C16H20N6O2/c1-9-6-10(20-12-7-11(17)18-8-19-12)15(24)22-13(9)14(23)21-16(22)4-2-3-5-16/h6-8,14,21,23H,2-5H2,1H3,(H3,17,18,19,20). The van der Waals surface area contributed by atoms with Crippen LogP contribution in [-0.4, -0.2) is 19.6 Å². The Bertz CT molecular complexity index is 856. The molecule has 24 heavy (non-hydrogen) atoms. The molecule has 2 aliphatic rings. The molecule has 126 valence electrons. The molecule has 1 atom stereocenters. The van der Waals surface area contributed by atoms with E-state index in [-0.39, 0.29) is 5.56 Å². The number of fused-ring (bicyclic) bond motifs is 2. The molecule has 1 unspecified atom stereocenters. The van der Waals surface area contributed by atoms with E-state index in [9.17, 15) is 9.90 Å². The molecule has 3 heterocycles. The summed E-state index contributed by atoms with van der Waals surface area (Å²) in [5.74, 6) is 0.793. The van der Waals surface area contributed by atoms with Gasteiger partial charge in [-0.05, 0) is 44.2 Å². The van der Waals surface area contributed by atoms with Crippen LogP contribution in [0.1, 0.15) is 43.2 Å². The van der Waals surface area contributed by atoms with Crippen molar-refractivity contribution in [1.82, 2.24) is 19.9 Å². The zero-order chi connectivity index (χ0) is 16.9. The smallest absolute Gasteiger partial charge is 0.276 e. The SMILES string of the molecule is Cc1cc(Nc2cc(N)ncn2)c(=O)n2c1C(O)NC21CCCC1. The highest BCUT2D eigenvalue weighted by Gasteiger charge is 2.46. The average molecular weight is 328 g/mol. The predicted molar refractivity (Wildman–Crippen MR) is 89.7 cm³/mol. The number of aliphatic hydroxyl groups excluding tert-OH is 1. The average Bonchev–Trinajstić information content (AvgIpc) is 3.10. The summed E-state index contributed by atoms with van der Waals surface area (Å²) in [6.07, 6.45) is 4.26. The summed E-state index contributed by atoms with van der Waals surface area (Å²) >= 11 is 0. The summed E-state index contributed by atoms with van der Waals surface area (Å²) < 4.78 is 1.73. The van der Waals surface area contributed by atoms with Crippen molar-refractivity contribution in [1.29, 1.82) is 0 Å². The first-order valence-corrected chi connectivity index (χ1v) is 8.07. The van der Waals surface area contributed by atoms with Gasteiger partial charge in [0.1, 0.15) is 35.5 Å². The van der Waals surface area contributed by atoms with Gasteiger partial charge in [-0.3, -0.25) is 14.7 Å². The maximum absolute atomic E-state index is 13.1. The largest absolute Gasteiger partial charge is 0.384 e. The van der Waals surface area contributed by atoms with Crippen LogP contribution in [0.5, 0.6) is 0 Å². The molecule has 1 aliphatic heterocycles. The molecule has 1 spiro atoms. The molecule has 1 saturated carbocycles. The summed E-state index contributed by atoms with van der Waals surface area (Å²) in [6, 6.07) is 3.32. The fourth-order valence-electron chi connectivity index (χ4n) is 3.90. The highest BCUT2D eigenvalue weighted by molar-refractivity contribution is 5.59. The summed E-state index contributed by atoms with van der Waals surface area (Å²) in [4.78, 5) is 21.0. The van der Waals surface area contributed by atoms with E-state index in [1.807, 2.05) is 6.92 Å². The van der Waals surface area contributed by atoms with Crippen molar-refractivity contribution in [2.45, 2.75) is 44.5 Å². The van der Waals surface area contributed by atoms with Gasteiger partial charge in [0.2, 0.25) is 0 Å². The molecule has 0 bridgehead atoms. The molecule has 1 aliphatic carbocycles. The number of nitrogens with one attached hydrogen (secondary N) is 2. The Morgan fingerprint density at radius 2 is 2.12 bits per heavy atom. The van der Waals surface area contributed by atoms with Crippen LogP contribution in [0.4, 0.5) is 17.3 Å². The van der Waals surface area contributed by atoms with Gasteiger partial charge in [-0.15, -0.1) is 0 Å². The van der Waals surface area contributed by atoms with Crippen LogP contribution in [0, 0.1) is 6.92 Å². The maximum atomic E-state index is 13.1. The lowest BCUT2D eigenvalue weighted by molar-refractivity contribution is 0.105. The molecule has 0 amide bonds. The van der Waals surface area contributed by atoms with E-state index < -0.39 is 11.9 Å². The minimum absolute atomic E-state index is 0.168. The van der Waals surface area contributed by atoms with Crippen molar-refractivity contribution in [3.05, 3.63) is 40.1 Å². The number of anilines is 3. The number of pyridine rings is 1. The lowest BCUT2D eigenvalue weighted by Crippen LogP contribution is -2.45. The van der Waals surface area contributed by atoms with Crippen molar-refractivity contribution in [3.8, 4) is 0 Å². The van der Waals surface area contributed by atoms with Gasteiger partial charge in [-0.1, -0.05) is 0 Å². The van der Waals surface area contributed by atoms with Crippen LogP contribution < -0.4 is 21.9 Å². The van der Waals surface area contributed by atoms with Crippen molar-refractivity contribution >= 4 is 17.3 Å². The van der Waals surface area contributed by atoms with Gasteiger partial charge in [-0.25, -0.2) is 9.97 Å². The number of nitrogens with two attached hydrogens (primary N) is 1. The second-order valence-corrected chi connectivity index (χ2v) is 6.51. The molecule has 0 aromatic carbocycles. The lowest BCUT2D eigenvalue weighted by Gasteiger charge is -2.27. The predicted octanol–water partition coefficient (Wildman–Crippen LogP) is 1.09. The number of nitrogen functional groups attached to an aromatic ring is 1. The molecule has 2 aromatic rings. The van der Waals surface area contributed by atoms with Crippen molar-refractivity contribution < 1.29 is 5.11 Å². The number of rotatable bonds is 2. The fraction of sp³-hybridized carbons (Fsp3) is 0.438. The molecular formula is C16H20N6O2. The summed E-state index contributed by atoms with van der Waals surface area (Å²) in [6.45, 7) is 1.89. The second-order valence-electron chi connectivity index (χ2n) is 6.51. The zero-order valence-corrected chi connectivity index (χ0v) is 13.4. The molecule has 8 nitrogen and oxygen atoms in total. The van der Waals surface area contributed by atoms with E-state index in [0.717, 1.165) is 31.2 Å². The summed E-state index contributed by atoms with van der Waals surface area (Å²) in [7, 11) is 0. The molecule has 0 saturated heterocycles. The van der Waals surface area contributed by atoms with Crippen molar-refractivity contribution in [3.63, 3.8) is 0 Å². The Balaban J connectivity index is 1.84. The maximum Gasteiger partial charge on any atom is 0.276 e. The topological polar surface area (TPSA) is 118 Å². The third kappa shape index (κ3) is 2.18. The van der Waals surface area contributed by atoms with Crippen LogP contribution in [0.2, 0.25) is 0 Å². The first-order chi connectivity index (χ1) is 11.5. The molecule has 8 heteroatoms. The van der Waals surface area contributed by atoms with Crippen LogP contribution in [-0.2, 0) is 5.66 Å². The van der Waals surface area contributed by atoms with E-state index >= 15 is 0 Å². The Morgan fingerprint density at radius 3 is 2.83 bits per heavy atom. The molecule has 0 radical (unpaired) electrons. The quantitative estimate of drug-likeness (QED) is 0.652. The Morgan fingerprint density at radius 1 is 1.38 bits per heavy atom. The minimum Gasteiger partial charge on any atom is -0.384 e. The highest BCUT2D eigenvalue weighted by Crippen LogP contribution is 2.42. The first kappa shape index (κ1) is 15.1. The molecule has 4 rings (SSSR count). The minimum atomic E-state index is -0.820. The third-order valence-corrected chi connectivity index (χ3v) is 4.91. The lowest BCUT2D eigenvalue weighted by atomic mass is 10.1. The third-order valence-electron chi connectivity index (χ3n) is 4.91. The van der Waals surface area contributed by atoms with Gasteiger partial charge in [0.05, 0.1) is 5.69 Å². The first-order valence-electron chi connectivity index (χ1n) is 8.07.